The quantitative estimate of drug-likeness (QED) is 0.434. The smallest absolute Gasteiger partial charge is 0.202 e. The van der Waals surface area contributed by atoms with E-state index in [-0.39, 0.29) is 6.23 Å². The van der Waals surface area contributed by atoms with Crippen LogP contribution in [-0.2, 0) is 0 Å². The standard InChI is InChI=1S/C25H20N2O2/c1-26-22(28-20-13-11-16-7-3-5-9-18(16)24(20)26)15-23-27(2)25-19-10-6-4-8-17(19)12-14-21(25)29-23/h3-15,22H,1-2H3/b23-15-. The van der Waals surface area contributed by atoms with E-state index in [0.29, 0.717) is 0 Å². The summed E-state index contributed by atoms with van der Waals surface area (Å²) in [5, 5.41) is 4.80. The lowest BCUT2D eigenvalue weighted by Gasteiger charge is -2.20. The summed E-state index contributed by atoms with van der Waals surface area (Å²) >= 11 is 0. The van der Waals surface area contributed by atoms with Crippen LogP contribution < -0.4 is 19.3 Å². The Kier molecular flexibility index (Phi) is 3.33. The Morgan fingerprint density at radius 3 is 2.07 bits per heavy atom. The summed E-state index contributed by atoms with van der Waals surface area (Å²) in [4.78, 5) is 4.28. The van der Waals surface area contributed by atoms with Gasteiger partial charge in [-0.25, -0.2) is 0 Å². The summed E-state index contributed by atoms with van der Waals surface area (Å²) in [7, 11) is 4.11. The molecule has 0 fully saturated rings. The highest BCUT2D eigenvalue weighted by Crippen LogP contribution is 2.45. The monoisotopic (exact) mass is 380 g/mol. The molecule has 4 heteroatoms. The Morgan fingerprint density at radius 1 is 0.724 bits per heavy atom. The van der Waals surface area contributed by atoms with Crippen LogP contribution in [0.3, 0.4) is 0 Å². The molecule has 0 aliphatic carbocycles. The lowest BCUT2D eigenvalue weighted by atomic mass is 10.1. The van der Waals surface area contributed by atoms with Crippen molar-refractivity contribution in [2.45, 2.75) is 6.23 Å². The topological polar surface area (TPSA) is 24.9 Å². The van der Waals surface area contributed by atoms with Gasteiger partial charge in [-0.1, -0.05) is 60.7 Å². The molecule has 142 valence electrons. The van der Waals surface area contributed by atoms with Gasteiger partial charge in [-0.2, -0.15) is 0 Å². The number of benzene rings is 4. The normalized spacial score (nSPS) is 18.8. The number of fused-ring (bicyclic) bond motifs is 6. The SMILES string of the molecule is CN1/C(=C/C2Oc3ccc4ccccc4c3N2C)Oc2ccc3ccccc3c21. The summed E-state index contributed by atoms with van der Waals surface area (Å²) in [6.45, 7) is 0. The maximum absolute atomic E-state index is 6.27. The maximum atomic E-state index is 6.27. The molecule has 4 aromatic carbocycles. The molecule has 29 heavy (non-hydrogen) atoms. The van der Waals surface area contributed by atoms with Gasteiger partial charge < -0.3 is 19.3 Å². The predicted molar refractivity (Wildman–Crippen MR) is 118 cm³/mol. The molecule has 0 saturated carbocycles. The van der Waals surface area contributed by atoms with Gasteiger partial charge in [0.25, 0.3) is 0 Å². The van der Waals surface area contributed by atoms with E-state index >= 15 is 0 Å². The van der Waals surface area contributed by atoms with Crippen molar-refractivity contribution in [2.75, 3.05) is 23.9 Å². The molecule has 4 aromatic rings. The van der Waals surface area contributed by atoms with Crippen LogP contribution in [0, 0.1) is 0 Å². The molecule has 2 heterocycles. The Bertz CT molecular complexity index is 1310. The van der Waals surface area contributed by atoms with Crippen molar-refractivity contribution in [1.82, 2.24) is 0 Å². The van der Waals surface area contributed by atoms with Gasteiger partial charge in [-0.05, 0) is 22.9 Å². The van der Waals surface area contributed by atoms with Gasteiger partial charge in [0.1, 0.15) is 5.75 Å². The highest BCUT2D eigenvalue weighted by atomic mass is 16.5. The average molecular weight is 380 g/mol. The summed E-state index contributed by atoms with van der Waals surface area (Å²) in [5.41, 5.74) is 2.21. The van der Waals surface area contributed by atoms with Gasteiger partial charge in [0.15, 0.2) is 12.0 Å². The van der Waals surface area contributed by atoms with E-state index in [4.69, 9.17) is 9.47 Å². The van der Waals surface area contributed by atoms with Crippen LogP contribution in [0.25, 0.3) is 21.5 Å². The first kappa shape index (κ1) is 16.3. The van der Waals surface area contributed by atoms with Crippen LogP contribution in [0.5, 0.6) is 11.5 Å². The Hall–Kier alpha value is -3.66. The van der Waals surface area contributed by atoms with Gasteiger partial charge >= 0.3 is 0 Å². The Labute approximate surface area is 169 Å². The number of rotatable bonds is 1. The summed E-state index contributed by atoms with van der Waals surface area (Å²) in [6.07, 6.45) is 1.82. The van der Waals surface area contributed by atoms with Gasteiger partial charge in [0.05, 0.1) is 11.4 Å². The third-order valence-corrected chi connectivity index (χ3v) is 5.87. The van der Waals surface area contributed by atoms with Crippen LogP contribution in [0.1, 0.15) is 0 Å². The van der Waals surface area contributed by atoms with Crippen LogP contribution in [0.2, 0.25) is 0 Å². The van der Waals surface area contributed by atoms with Crippen LogP contribution in [-0.4, -0.2) is 20.3 Å². The largest absolute Gasteiger partial charge is 0.465 e. The minimum atomic E-state index is -0.228. The minimum Gasteiger partial charge on any atom is -0.465 e. The first-order valence-corrected chi connectivity index (χ1v) is 9.77. The number of hydrogen-bond donors (Lipinski definition) is 0. The van der Waals surface area contributed by atoms with Crippen LogP contribution >= 0.6 is 0 Å². The maximum Gasteiger partial charge on any atom is 0.202 e. The molecular weight excluding hydrogens is 360 g/mol. The molecule has 0 saturated heterocycles. The third kappa shape index (κ3) is 2.32. The molecule has 0 bridgehead atoms. The highest BCUT2D eigenvalue weighted by Gasteiger charge is 2.32. The zero-order valence-corrected chi connectivity index (χ0v) is 16.3. The minimum absolute atomic E-state index is 0.228. The first-order valence-electron chi connectivity index (χ1n) is 9.77. The highest BCUT2D eigenvalue weighted by molar-refractivity contribution is 6.00. The van der Waals surface area contributed by atoms with Crippen molar-refractivity contribution in [3.8, 4) is 11.5 Å². The van der Waals surface area contributed by atoms with Crippen molar-refractivity contribution in [2.24, 2.45) is 0 Å². The molecule has 0 radical (unpaired) electrons. The molecule has 0 amide bonds. The molecule has 2 aliphatic heterocycles. The van der Waals surface area contributed by atoms with Gasteiger partial charge in [0, 0.05) is 30.9 Å². The zero-order valence-electron chi connectivity index (χ0n) is 16.3. The fourth-order valence-corrected chi connectivity index (χ4v) is 4.40. The number of likely N-dealkylation sites (N-methyl/N-ethyl adjacent to an activating group) is 1. The van der Waals surface area contributed by atoms with E-state index in [2.05, 4.69) is 77.5 Å². The van der Waals surface area contributed by atoms with Gasteiger partial charge in [-0.15, -0.1) is 0 Å². The third-order valence-electron chi connectivity index (χ3n) is 5.87. The molecule has 2 aliphatic rings. The predicted octanol–water partition coefficient (Wildman–Crippen LogP) is 5.52. The summed E-state index contributed by atoms with van der Waals surface area (Å²) in [5.74, 6) is 2.56. The second-order valence-electron chi connectivity index (χ2n) is 7.55. The molecule has 4 nitrogen and oxygen atoms in total. The molecular formula is C25H20N2O2. The number of anilines is 2. The number of ether oxygens (including phenoxy) is 2. The molecule has 0 spiro atoms. The van der Waals surface area contributed by atoms with E-state index < -0.39 is 0 Å². The fourth-order valence-electron chi connectivity index (χ4n) is 4.40. The molecule has 1 atom stereocenters. The average Bonchev–Trinajstić information content (AvgIpc) is 3.25. The van der Waals surface area contributed by atoms with E-state index in [1.165, 1.54) is 21.5 Å². The zero-order chi connectivity index (χ0) is 19.5. The van der Waals surface area contributed by atoms with Crippen molar-refractivity contribution in [3.05, 3.63) is 84.8 Å². The lowest BCUT2D eigenvalue weighted by molar-refractivity contribution is 0.272. The van der Waals surface area contributed by atoms with Crippen molar-refractivity contribution in [1.29, 1.82) is 0 Å². The fraction of sp³-hybridized carbons (Fsp3) is 0.120. The molecule has 1 unspecified atom stereocenters. The summed E-state index contributed by atoms with van der Waals surface area (Å²) in [6, 6.07) is 25.1. The Balaban J connectivity index is 1.39. The van der Waals surface area contributed by atoms with Gasteiger partial charge in [-0.3, -0.25) is 0 Å². The second kappa shape index (κ2) is 5.92. The summed E-state index contributed by atoms with van der Waals surface area (Å²) < 4.78 is 12.5. The Morgan fingerprint density at radius 2 is 1.34 bits per heavy atom. The van der Waals surface area contributed by atoms with Crippen molar-refractivity contribution >= 4 is 32.9 Å². The molecule has 0 aromatic heterocycles. The van der Waals surface area contributed by atoms with Gasteiger partial charge in [0.2, 0.25) is 5.88 Å². The van der Waals surface area contributed by atoms with Crippen LogP contribution in [0.4, 0.5) is 11.4 Å². The first-order chi connectivity index (χ1) is 14.2. The van der Waals surface area contributed by atoms with Crippen molar-refractivity contribution in [3.63, 3.8) is 0 Å². The molecule has 6 rings (SSSR count). The number of hydrogen-bond acceptors (Lipinski definition) is 4. The second-order valence-corrected chi connectivity index (χ2v) is 7.55. The van der Waals surface area contributed by atoms with E-state index in [1.54, 1.807) is 0 Å². The lowest BCUT2D eigenvalue weighted by Crippen LogP contribution is -2.31. The van der Waals surface area contributed by atoms with E-state index in [0.717, 1.165) is 28.8 Å². The van der Waals surface area contributed by atoms with Crippen molar-refractivity contribution < 1.29 is 9.47 Å². The molecule has 0 N–H and O–H groups in total. The number of nitrogens with zero attached hydrogens (tertiary/aromatic N) is 2. The van der Waals surface area contributed by atoms with Crippen LogP contribution in [0.15, 0.2) is 84.8 Å². The van der Waals surface area contributed by atoms with E-state index in [1.807, 2.05) is 25.3 Å². The van der Waals surface area contributed by atoms with E-state index in [9.17, 15) is 0 Å².